The molecule has 2 atom stereocenters. The predicted octanol–water partition coefficient (Wildman–Crippen LogP) is 3.97. The number of aryl methyl sites for hydroxylation is 1. The van der Waals surface area contributed by atoms with Gasteiger partial charge in [0.15, 0.2) is 0 Å². The summed E-state index contributed by atoms with van der Waals surface area (Å²) in [7, 11) is 0. The first kappa shape index (κ1) is 14.4. The van der Waals surface area contributed by atoms with Crippen molar-refractivity contribution >= 4 is 17.5 Å². The third kappa shape index (κ3) is 3.50. The molecule has 1 fully saturated rings. The van der Waals surface area contributed by atoms with Crippen LogP contribution < -0.4 is 5.32 Å². The molecule has 1 amide bonds. The highest BCUT2D eigenvalue weighted by molar-refractivity contribution is 6.21. The molecular formula is C16H22ClNO. The van der Waals surface area contributed by atoms with Gasteiger partial charge < -0.3 is 5.32 Å². The van der Waals surface area contributed by atoms with Crippen LogP contribution in [0.25, 0.3) is 0 Å². The van der Waals surface area contributed by atoms with E-state index < -0.39 is 0 Å². The minimum absolute atomic E-state index is 0.0127. The Balaban J connectivity index is 2.09. The van der Waals surface area contributed by atoms with Crippen LogP contribution in [0.15, 0.2) is 18.2 Å². The molecule has 1 aromatic rings. The Morgan fingerprint density at radius 2 is 1.95 bits per heavy atom. The third-order valence-electron chi connectivity index (χ3n) is 4.10. The highest BCUT2D eigenvalue weighted by atomic mass is 35.5. The maximum atomic E-state index is 12.4. The van der Waals surface area contributed by atoms with E-state index in [-0.39, 0.29) is 17.3 Å². The van der Waals surface area contributed by atoms with Crippen LogP contribution in [0.2, 0.25) is 0 Å². The molecule has 1 saturated carbocycles. The van der Waals surface area contributed by atoms with Crippen molar-refractivity contribution in [1.29, 1.82) is 0 Å². The number of halogens is 1. The molecule has 1 aromatic carbocycles. The highest BCUT2D eigenvalue weighted by Gasteiger charge is 2.24. The fraction of sp³-hybridized carbons (Fsp3) is 0.562. The molecule has 2 rings (SSSR count). The normalized spacial score (nSPS) is 23.7. The molecule has 2 unspecified atom stereocenters. The van der Waals surface area contributed by atoms with Crippen molar-refractivity contribution in [2.45, 2.75) is 57.4 Å². The first-order chi connectivity index (χ1) is 9.09. The molecular weight excluding hydrogens is 258 g/mol. The second-order valence-electron chi connectivity index (χ2n) is 5.48. The van der Waals surface area contributed by atoms with Gasteiger partial charge in [-0.05, 0) is 43.9 Å². The Labute approximate surface area is 120 Å². The summed E-state index contributed by atoms with van der Waals surface area (Å²) in [5, 5.41) is 3.19. The highest BCUT2D eigenvalue weighted by Crippen LogP contribution is 2.23. The van der Waals surface area contributed by atoms with Gasteiger partial charge in [-0.1, -0.05) is 31.4 Å². The molecule has 0 radical (unpaired) electrons. The van der Waals surface area contributed by atoms with Crippen molar-refractivity contribution in [2.24, 2.45) is 0 Å². The molecule has 1 N–H and O–H groups in total. The minimum Gasteiger partial charge on any atom is -0.348 e. The number of benzene rings is 1. The maximum Gasteiger partial charge on any atom is 0.251 e. The zero-order valence-corrected chi connectivity index (χ0v) is 12.5. The summed E-state index contributed by atoms with van der Waals surface area (Å²) in [5.74, 6) is 0.0127. The minimum atomic E-state index is 0.0127. The van der Waals surface area contributed by atoms with Gasteiger partial charge in [0.2, 0.25) is 0 Å². The van der Waals surface area contributed by atoms with Gasteiger partial charge in [-0.2, -0.15) is 0 Å². The van der Waals surface area contributed by atoms with E-state index in [9.17, 15) is 4.79 Å². The lowest BCUT2D eigenvalue weighted by atomic mass is 10.0. The zero-order chi connectivity index (χ0) is 13.8. The van der Waals surface area contributed by atoms with E-state index >= 15 is 0 Å². The van der Waals surface area contributed by atoms with E-state index in [1.807, 2.05) is 32.0 Å². The van der Waals surface area contributed by atoms with Gasteiger partial charge in [0, 0.05) is 11.6 Å². The van der Waals surface area contributed by atoms with Gasteiger partial charge in [-0.25, -0.2) is 0 Å². The molecule has 0 aliphatic heterocycles. The Bertz CT molecular complexity index is 458. The zero-order valence-electron chi connectivity index (χ0n) is 11.7. The summed E-state index contributed by atoms with van der Waals surface area (Å²) in [6.07, 6.45) is 5.54. The van der Waals surface area contributed by atoms with Crippen LogP contribution in [-0.2, 0) is 0 Å². The van der Waals surface area contributed by atoms with Gasteiger partial charge >= 0.3 is 0 Å². The van der Waals surface area contributed by atoms with Crippen LogP contribution >= 0.6 is 11.6 Å². The average Bonchev–Trinajstić information content (AvgIpc) is 2.58. The van der Waals surface area contributed by atoms with Crippen molar-refractivity contribution in [3.05, 3.63) is 34.9 Å². The van der Waals surface area contributed by atoms with E-state index in [4.69, 9.17) is 11.6 Å². The van der Waals surface area contributed by atoms with Crippen molar-refractivity contribution < 1.29 is 4.79 Å². The summed E-state index contributed by atoms with van der Waals surface area (Å²) in [6.45, 7) is 4.03. The van der Waals surface area contributed by atoms with Crippen molar-refractivity contribution in [1.82, 2.24) is 5.32 Å². The van der Waals surface area contributed by atoms with Crippen LogP contribution in [0.5, 0.6) is 0 Å². The number of rotatable bonds is 2. The molecule has 104 valence electrons. The molecule has 2 nitrogen and oxygen atoms in total. The van der Waals surface area contributed by atoms with E-state index in [0.717, 1.165) is 36.0 Å². The lowest BCUT2D eigenvalue weighted by Crippen LogP contribution is -2.40. The predicted molar refractivity (Wildman–Crippen MR) is 79.9 cm³/mol. The number of carbonyl (C=O) groups excluding carboxylic acids is 1. The number of carbonyl (C=O) groups is 1. The molecule has 0 saturated heterocycles. The second kappa shape index (κ2) is 6.42. The standard InChI is InChI=1S/C16H22ClNO/c1-11-7-6-8-13(12(11)2)16(19)18-15-10-5-3-4-9-14(15)17/h6-8,14-15H,3-5,9-10H2,1-2H3,(H,18,19). The van der Waals surface area contributed by atoms with E-state index in [0.29, 0.717) is 0 Å². The fourth-order valence-electron chi connectivity index (χ4n) is 2.67. The number of nitrogens with one attached hydrogen (secondary N) is 1. The molecule has 0 spiro atoms. The van der Waals surface area contributed by atoms with Crippen molar-refractivity contribution in [3.8, 4) is 0 Å². The van der Waals surface area contributed by atoms with Crippen LogP contribution in [0.1, 0.15) is 53.6 Å². The Morgan fingerprint density at radius 1 is 1.21 bits per heavy atom. The van der Waals surface area contributed by atoms with Gasteiger partial charge in [-0.15, -0.1) is 11.6 Å². The van der Waals surface area contributed by atoms with Crippen LogP contribution in [0.4, 0.5) is 0 Å². The lowest BCUT2D eigenvalue weighted by molar-refractivity contribution is 0.0933. The Kier molecular flexibility index (Phi) is 4.87. The monoisotopic (exact) mass is 279 g/mol. The Morgan fingerprint density at radius 3 is 2.74 bits per heavy atom. The maximum absolute atomic E-state index is 12.4. The number of alkyl halides is 1. The Hall–Kier alpha value is -1.02. The van der Waals surface area contributed by atoms with Crippen molar-refractivity contribution in [3.63, 3.8) is 0 Å². The van der Waals surface area contributed by atoms with Crippen LogP contribution in [0, 0.1) is 13.8 Å². The summed E-state index contributed by atoms with van der Waals surface area (Å²) < 4.78 is 0. The molecule has 19 heavy (non-hydrogen) atoms. The average molecular weight is 280 g/mol. The van der Waals surface area contributed by atoms with Gasteiger partial charge in [-0.3, -0.25) is 4.79 Å². The van der Waals surface area contributed by atoms with Gasteiger partial charge in [0.25, 0.3) is 5.91 Å². The molecule has 1 aliphatic rings. The number of hydrogen-bond donors (Lipinski definition) is 1. The summed E-state index contributed by atoms with van der Waals surface area (Å²) in [6, 6.07) is 5.96. The quantitative estimate of drug-likeness (QED) is 0.644. The van der Waals surface area contributed by atoms with Crippen LogP contribution in [-0.4, -0.2) is 17.3 Å². The summed E-state index contributed by atoms with van der Waals surface area (Å²) in [5.41, 5.74) is 2.98. The van der Waals surface area contributed by atoms with E-state index in [2.05, 4.69) is 5.32 Å². The summed E-state index contributed by atoms with van der Waals surface area (Å²) >= 11 is 6.37. The lowest BCUT2D eigenvalue weighted by Gasteiger charge is -2.21. The molecule has 0 bridgehead atoms. The first-order valence-electron chi connectivity index (χ1n) is 7.10. The molecule has 0 aromatic heterocycles. The first-order valence-corrected chi connectivity index (χ1v) is 7.54. The van der Waals surface area contributed by atoms with Crippen molar-refractivity contribution in [2.75, 3.05) is 0 Å². The fourth-order valence-corrected chi connectivity index (χ4v) is 3.01. The SMILES string of the molecule is Cc1cccc(C(=O)NC2CCCCCC2Cl)c1C. The van der Waals surface area contributed by atoms with Crippen LogP contribution in [0.3, 0.4) is 0 Å². The van der Waals surface area contributed by atoms with Gasteiger partial charge in [0.05, 0.1) is 5.38 Å². The largest absolute Gasteiger partial charge is 0.348 e. The smallest absolute Gasteiger partial charge is 0.251 e. The number of amides is 1. The topological polar surface area (TPSA) is 29.1 Å². The van der Waals surface area contributed by atoms with Gasteiger partial charge in [0.1, 0.15) is 0 Å². The molecule has 1 aliphatic carbocycles. The third-order valence-corrected chi connectivity index (χ3v) is 4.62. The second-order valence-corrected chi connectivity index (χ2v) is 6.04. The summed E-state index contributed by atoms with van der Waals surface area (Å²) in [4.78, 5) is 12.4. The van der Waals surface area contributed by atoms with E-state index in [1.54, 1.807) is 0 Å². The molecule has 3 heteroatoms. The van der Waals surface area contributed by atoms with E-state index in [1.165, 1.54) is 12.8 Å². The molecule has 0 heterocycles. The number of hydrogen-bond acceptors (Lipinski definition) is 1.